The molecule has 0 spiro atoms. The smallest absolute Gasteiger partial charge is 0.225 e. The monoisotopic (exact) mass is 479 g/mol. The van der Waals surface area contributed by atoms with Crippen LogP contribution < -0.4 is 10.6 Å². The van der Waals surface area contributed by atoms with E-state index < -0.39 is 0 Å². The molecule has 0 fully saturated rings. The lowest BCUT2D eigenvalue weighted by Crippen LogP contribution is -2.28. The van der Waals surface area contributed by atoms with Gasteiger partial charge in [-0.3, -0.25) is 5.41 Å². The summed E-state index contributed by atoms with van der Waals surface area (Å²) in [5.41, 5.74) is 9.07. The Bertz CT molecular complexity index is 1070. The Hall–Kier alpha value is -2.79. The van der Waals surface area contributed by atoms with Crippen molar-refractivity contribution in [3.63, 3.8) is 0 Å². The molecule has 0 bridgehead atoms. The van der Waals surface area contributed by atoms with Crippen molar-refractivity contribution in [2.45, 2.75) is 78.6 Å². The van der Waals surface area contributed by atoms with Gasteiger partial charge in [0.05, 0.1) is 5.56 Å². The molecule has 1 aliphatic rings. The molecular weight excluding hydrogens is 442 g/mol. The highest BCUT2D eigenvalue weighted by Crippen LogP contribution is 2.42. The molecule has 2 unspecified atom stereocenters. The van der Waals surface area contributed by atoms with Crippen LogP contribution in [0.5, 0.6) is 0 Å². The number of hydrogen-bond donors (Lipinski definition) is 2. The van der Waals surface area contributed by atoms with E-state index in [2.05, 4.69) is 41.7 Å². The molecule has 1 aliphatic carbocycles. The first-order valence-electron chi connectivity index (χ1n) is 12.4. The SMILES string of the molecule is CCCN(CCCC(C)CC)c1nccc(C(=N)N=C(C)C2CCCc3sc(N)c(C#N)c32)n1. The Morgan fingerprint density at radius 2 is 2.21 bits per heavy atom. The van der Waals surface area contributed by atoms with E-state index >= 15 is 0 Å². The first-order chi connectivity index (χ1) is 16.4. The molecule has 2 aromatic rings. The van der Waals surface area contributed by atoms with Gasteiger partial charge in [-0.15, -0.1) is 11.3 Å². The topological polar surface area (TPSA) is 115 Å². The van der Waals surface area contributed by atoms with Crippen molar-refractivity contribution >= 4 is 33.8 Å². The van der Waals surface area contributed by atoms with Crippen molar-refractivity contribution in [3.05, 3.63) is 34.0 Å². The number of hydrogen-bond acceptors (Lipinski definition) is 7. The molecule has 0 radical (unpaired) electrons. The van der Waals surface area contributed by atoms with E-state index in [4.69, 9.17) is 16.1 Å². The minimum atomic E-state index is 0.0192. The molecule has 0 amide bonds. The highest BCUT2D eigenvalue weighted by atomic mass is 32.1. The molecular formula is C26H37N7S. The summed E-state index contributed by atoms with van der Waals surface area (Å²) in [4.78, 5) is 17.3. The van der Waals surface area contributed by atoms with Crippen molar-refractivity contribution in [2.24, 2.45) is 10.9 Å². The van der Waals surface area contributed by atoms with E-state index in [1.807, 2.05) is 6.92 Å². The van der Waals surface area contributed by atoms with Crippen molar-refractivity contribution in [2.75, 3.05) is 23.7 Å². The van der Waals surface area contributed by atoms with Gasteiger partial charge >= 0.3 is 0 Å². The summed E-state index contributed by atoms with van der Waals surface area (Å²) >= 11 is 1.52. The Balaban J connectivity index is 1.79. The number of nitrogen functional groups attached to an aromatic ring is 1. The second kappa shape index (κ2) is 12.1. The molecule has 34 heavy (non-hydrogen) atoms. The van der Waals surface area contributed by atoms with E-state index in [1.165, 1.54) is 29.1 Å². The van der Waals surface area contributed by atoms with Crippen LogP contribution in [0, 0.1) is 22.7 Å². The summed E-state index contributed by atoms with van der Waals surface area (Å²) in [5, 5.41) is 18.9. The molecule has 3 N–H and O–H groups in total. The van der Waals surface area contributed by atoms with Gasteiger partial charge in [0.25, 0.3) is 0 Å². The third kappa shape index (κ3) is 6.01. The van der Waals surface area contributed by atoms with Crippen molar-refractivity contribution < 1.29 is 0 Å². The van der Waals surface area contributed by atoms with Crippen LogP contribution in [0.2, 0.25) is 0 Å². The maximum absolute atomic E-state index is 9.63. The average molecular weight is 480 g/mol. The maximum Gasteiger partial charge on any atom is 0.225 e. The third-order valence-corrected chi connectivity index (χ3v) is 7.78. The molecule has 2 heterocycles. The number of anilines is 2. The van der Waals surface area contributed by atoms with Gasteiger partial charge in [-0.25, -0.2) is 15.0 Å². The second-order valence-electron chi connectivity index (χ2n) is 9.22. The van der Waals surface area contributed by atoms with E-state index in [-0.39, 0.29) is 11.8 Å². The fourth-order valence-electron chi connectivity index (χ4n) is 4.57. The largest absolute Gasteiger partial charge is 0.389 e. The fourth-order valence-corrected chi connectivity index (χ4v) is 5.69. The van der Waals surface area contributed by atoms with E-state index in [0.717, 1.165) is 62.4 Å². The van der Waals surface area contributed by atoms with E-state index in [9.17, 15) is 5.26 Å². The van der Waals surface area contributed by atoms with Crippen molar-refractivity contribution in [3.8, 4) is 6.07 Å². The summed E-state index contributed by atoms with van der Waals surface area (Å²) in [7, 11) is 0. The summed E-state index contributed by atoms with van der Waals surface area (Å²) < 4.78 is 0. The number of thiophene rings is 1. The van der Waals surface area contributed by atoms with Gasteiger partial charge in [-0.1, -0.05) is 27.2 Å². The number of aromatic nitrogens is 2. The van der Waals surface area contributed by atoms with Gasteiger partial charge < -0.3 is 10.6 Å². The Labute approximate surface area is 207 Å². The predicted molar refractivity (Wildman–Crippen MR) is 142 cm³/mol. The van der Waals surface area contributed by atoms with Gasteiger partial charge in [0.15, 0.2) is 5.84 Å². The summed E-state index contributed by atoms with van der Waals surface area (Å²) in [5.74, 6) is 1.54. The number of nitriles is 1. The number of aliphatic imine (C=N–C) groups is 1. The molecule has 2 atom stereocenters. The van der Waals surface area contributed by atoms with Crippen molar-refractivity contribution in [1.29, 1.82) is 10.7 Å². The fraction of sp³-hybridized carbons (Fsp3) is 0.577. The molecule has 0 saturated heterocycles. The van der Waals surface area contributed by atoms with Crippen LogP contribution in [-0.2, 0) is 6.42 Å². The molecule has 0 saturated carbocycles. The van der Waals surface area contributed by atoms with Crippen molar-refractivity contribution in [1.82, 2.24) is 9.97 Å². The van der Waals surface area contributed by atoms with Gasteiger partial charge in [0.2, 0.25) is 5.95 Å². The highest BCUT2D eigenvalue weighted by Gasteiger charge is 2.29. The number of nitrogens with zero attached hydrogens (tertiary/aromatic N) is 5. The van der Waals surface area contributed by atoms with Crippen LogP contribution in [0.3, 0.4) is 0 Å². The highest BCUT2D eigenvalue weighted by molar-refractivity contribution is 7.16. The Kier molecular flexibility index (Phi) is 9.17. The predicted octanol–water partition coefficient (Wildman–Crippen LogP) is 5.94. The molecule has 3 rings (SSSR count). The van der Waals surface area contributed by atoms with Gasteiger partial charge in [-0.2, -0.15) is 5.26 Å². The molecule has 0 aromatic carbocycles. The minimum absolute atomic E-state index is 0.0192. The summed E-state index contributed by atoms with van der Waals surface area (Å²) in [6.45, 7) is 10.4. The summed E-state index contributed by atoms with van der Waals surface area (Å²) in [6, 6.07) is 4.03. The molecule has 2 aromatic heterocycles. The van der Waals surface area contributed by atoms with E-state index in [1.54, 1.807) is 12.3 Å². The number of nitrogens with one attached hydrogen (secondary N) is 1. The van der Waals surface area contributed by atoms with Crippen LogP contribution in [0.15, 0.2) is 17.3 Å². The third-order valence-electron chi connectivity index (χ3n) is 6.68. The number of fused-ring (bicyclic) bond motifs is 1. The molecule has 182 valence electrons. The average Bonchev–Trinajstić information content (AvgIpc) is 3.18. The zero-order valence-electron chi connectivity index (χ0n) is 20.9. The van der Waals surface area contributed by atoms with Crippen LogP contribution in [-0.4, -0.2) is 34.6 Å². The van der Waals surface area contributed by atoms with Crippen LogP contribution in [0.25, 0.3) is 0 Å². The number of amidine groups is 1. The number of aryl methyl sites for hydroxylation is 1. The molecule has 8 heteroatoms. The normalized spacial score (nSPS) is 16.6. The lowest BCUT2D eigenvalue weighted by molar-refractivity contribution is 0.491. The standard InChI is InChI=1S/C26H37N7S/c1-5-14-33(15-8-9-17(3)6-2)26-30-13-12-21(32-26)24(28)31-18(4)19-10-7-11-22-23(19)20(16-27)25(29)34-22/h12-13,17,19,28H,5-11,14-15,29H2,1-4H3. The Morgan fingerprint density at radius 3 is 2.91 bits per heavy atom. The van der Waals surface area contributed by atoms with Gasteiger partial charge in [0, 0.05) is 35.8 Å². The van der Waals surface area contributed by atoms with E-state index in [0.29, 0.717) is 22.2 Å². The zero-order valence-corrected chi connectivity index (χ0v) is 21.7. The molecule has 0 aliphatic heterocycles. The second-order valence-corrected chi connectivity index (χ2v) is 10.4. The quantitative estimate of drug-likeness (QED) is 0.323. The molecule has 7 nitrogen and oxygen atoms in total. The maximum atomic E-state index is 9.63. The first kappa shape index (κ1) is 25.8. The summed E-state index contributed by atoms with van der Waals surface area (Å²) in [6.07, 6.45) is 9.13. The lowest BCUT2D eigenvalue weighted by atomic mass is 9.82. The van der Waals surface area contributed by atoms with Gasteiger partial charge in [-0.05, 0) is 63.0 Å². The number of rotatable bonds is 10. The number of nitrogens with two attached hydrogens (primary N) is 1. The Morgan fingerprint density at radius 1 is 1.41 bits per heavy atom. The van der Waals surface area contributed by atoms with Crippen LogP contribution >= 0.6 is 11.3 Å². The van der Waals surface area contributed by atoms with Crippen LogP contribution in [0.4, 0.5) is 10.9 Å². The van der Waals surface area contributed by atoms with Crippen LogP contribution in [0.1, 0.15) is 93.8 Å². The lowest BCUT2D eigenvalue weighted by Gasteiger charge is -2.23. The first-order valence-corrected chi connectivity index (χ1v) is 13.2. The zero-order chi connectivity index (χ0) is 24.7. The van der Waals surface area contributed by atoms with Gasteiger partial charge in [0.1, 0.15) is 16.8 Å². The minimum Gasteiger partial charge on any atom is -0.389 e.